The number of hydrogen-bond donors (Lipinski definition) is 1. The van der Waals surface area contributed by atoms with E-state index >= 15 is 0 Å². The molecular formula is C11H15BrO. The van der Waals surface area contributed by atoms with Crippen molar-refractivity contribution in [2.75, 3.05) is 6.61 Å². The molecule has 0 aromatic carbocycles. The molecule has 0 radical (unpaired) electrons. The summed E-state index contributed by atoms with van der Waals surface area (Å²) in [5, 5.41) is 8.89. The minimum absolute atomic E-state index is 0.0799. The Hall–Kier alpha value is -0.340. The second-order valence-electron chi connectivity index (χ2n) is 3.84. The van der Waals surface area contributed by atoms with Crippen LogP contribution in [-0.4, -0.2) is 11.7 Å². The van der Waals surface area contributed by atoms with Crippen molar-refractivity contribution in [3.8, 4) is 0 Å². The molecule has 0 saturated carbocycles. The van der Waals surface area contributed by atoms with Crippen LogP contribution in [0.5, 0.6) is 0 Å². The van der Waals surface area contributed by atoms with Gasteiger partial charge in [-0.05, 0) is 18.1 Å². The smallest absolute Gasteiger partial charge is 0.0471 e. The molecule has 2 heteroatoms. The van der Waals surface area contributed by atoms with Gasteiger partial charge in [-0.25, -0.2) is 0 Å². The zero-order valence-corrected chi connectivity index (χ0v) is 9.63. The van der Waals surface area contributed by atoms with Crippen molar-refractivity contribution in [1.82, 2.24) is 0 Å². The lowest BCUT2D eigenvalue weighted by Gasteiger charge is -2.15. The maximum atomic E-state index is 8.89. The van der Waals surface area contributed by atoms with Gasteiger partial charge in [-0.1, -0.05) is 48.0 Å². The van der Waals surface area contributed by atoms with Crippen LogP contribution in [0.25, 0.3) is 0 Å². The Bertz CT molecular complexity index is 272. The van der Waals surface area contributed by atoms with Gasteiger partial charge >= 0.3 is 0 Å². The molecule has 1 nitrogen and oxygen atoms in total. The minimum Gasteiger partial charge on any atom is -0.396 e. The van der Waals surface area contributed by atoms with Gasteiger partial charge in [0.15, 0.2) is 0 Å². The summed E-state index contributed by atoms with van der Waals surface area (Å²) in [6, 6.07) is 0. The Morgan fingerprint density at radius 1 is 1.46 bits per heavy atom. The molecule has 72 valence electrons. The van der Waals surface area contributed by atoms with Crippen LogP contribution in [0.15, 0.2) is 34.4 Å². The predicted molar refractivity (Wildman–Crippen MR) is 59.7 cm³/mol. The zero-order valence-electron chi connectivity index (χ0n) is 8.05. The molecule has 0 aliphatic heterocycles. The first-order valence-electron chi connectivity index (χ1n) is 4.43. The summed E-state index contributed by atoms with van der Waals surface area (Å²) >= 11 is 3.49. The van der Waals surface area contributed by atoms with Gasteiger partial charge in [0.1, 0.15) is 0 Å². The maximum absolute atomic E-state index is 8.89. The van der Waals surface area contributed by atoms with Gasteiger partial charge in [0, 0.05) is 16.5 Å². The number of aliphatic hydroxyl groups is 1. The van der Waals surface area contributed by atoms with E-state index in [2.05, 4.69) is 41.9 Å². The lowest BCUT2D eigenvalue weighted by atomic mass is 9.91. The van der Waals surface area contributed by atoms with Gasteiger partial charge < -0.3 is 5.11 Å². The molecule has 1 N–H and O–H groups in total. The van der Waals surface area contributed by atoms with E-state index in [-0.39, 0.29) is 12.0 Å². The molecule has 0 bridgehead atoms. The quantitative estimate of drug-likeness (QED) is 0.789. The summed E-state index contributed by atoms with van der Waals surface area (Å²) in [6.07, 6.45) is 9.12. The van der Waals surface area contributed by atoms with E-state index in [0.717, 1.165) is 4.48 Å². The summed E-state index contributed by atoms with van der Waals surface area (Å²) in [5.41, 5.74) is 1.26. The first-order chi connectivity index (χ1) is 6.05. The minimum atomic E-state index is 0.0799. The third-order valence-electron chi connectivity index (χ3n) is 2.00. The van der Waals surface area contributed by atoms with Crippen molar-refractivity contribution in [3.05, 3.63) is 34.4 Å². The predicted octanol–water partition coefficient (Wildman–Crippen LogP) is 3.17. The Labute approximate surface area is 88.0 Å². The molecule has 0 aromatic heterocycles. The van der Waals surface area contributed by atoms with E-state index in [1.54, 1.807) is 0 Å². The van der Waals surface area contributed by atoms with E-state index in [4.69, 9.17) is 5.11 Å². The summed E-state index contributed by atoms with van der Waals surface area (Å²) in [4.78, 5) is 0. The molecule has 0 spiro atoms. The Morgan fingerprint density at radius 2 is 2.15 bits per heavy atom. The standard InChI is InChI=1S/C11H15BrO/c1-11(2)6-3-4-10(12)9(8-11)5-7-13/h3-4,6,8,13H,5,7H2,1-2H3. The van der Waals surface area contributed by atoms with Crippen LogP contribution in [0.4, 0.5) is 0 Å². The van der Waals surface area contributed by atoms with Gasteiger partial charge in [-0.2, -0.15) is 0 Å². The maximum Gasteiger partial charge on any atom is 0.0471 e. The van der Waals surface area contributed by atoms with Crippen molar-refractivity contribution in [2.24, 2.45) is 5.41 Å². The van der Waals surface area contributed by atoms with Crippen molar-refractivity contribution < 1.29 is 5.11 Å². The Balaban J connectivity index is 2.95. The SMILES string of the molecule is CC1(C)C=CC=C(Br)C(CCO)=C1. The average Bonchev–Trinajstić information content (AvgIpc) is 2.12. The molecule has 1 rings (SSSR count). The molecule has 0 fully saturated rings. The number of hydrogen-bond acceptors (Lipinski definition) is 1. The number of allylic oxidation sites excluding steroid dienone is 5. The molecule has 0 unspecified atom stereocenters. The van der Waals surface area contributed by atoms with E-state index in [1.807, 2.05) is 12.2 Å². The molecule has 13 heavy (non-hydrogen) atoms. The summed E-state index contributed by atoms with van der Waals surface area (Å²) < 4.78 is 1.07. The molecule has 0 amide bonds. The van der Waals surface area contributed by atoms with Gasteiger partial charge in [0.05, 0.1) is 0 Å². The van der Waals surface area contributed by atoms with Crippen LogP contribution in [0, 0.1) is 5.41 Å². The van der Waals surface area contributed by atoms with Gasteiger partial charge in [0.2, 0.25) is 0 Å². The van der Waals surface area contributed by atoms with Crippen LogP contribution in [-0.2, 0) is 0 Å². The first-order valence-corrected chi connectivity index (χ1v) is 5.22. The lowest BCUT2D eigenvalue weighted by molar-refractivity contribution is 0.300. The second-order valence-corrected chi connectivity index (χ2v) is 4.69. The van der Waals surface area contributed by atoms with E-state index in [1.165, 1.54) is 5.57 Å². The number of aliphatic hydroxyl groups excluding tert-OH is 1. The first kappa shape index (κ1) is 10.7. The third kappa shape index (κ3) is 3.12. The van der Waals surface area contributed by atoms with Crippen molar-refractivity contribution in [3.63, 3.8) is 0 Å². The zero-order chi connectivity index (χ0) is 9.90. The number of rotatable bonds is 2. The summed E-state index contributed by atoms with van der Waals surface area (Å²) in [6.45, 7) is 4.51. The fraction of sp³-hybridized carbons (Fsp3) is 0.455. The topological polar surface area (TPSA) is 20.2 Å². The fourth-order valence-corrected chi connectivity index (χ4v) is 1.83. The van der Waals surface area contributed by atoms with E-state index in [0.29, 0.717) is 6.42 Å². The molecular weight excluding hydrogens is 228 g/mol. The van der Waals surface area contributed by atoms with Crippen LogP contribution in [0.3, 0.4) is 0 Å². The van der Waals surface area contributed by atoms with Crippen molar-refractivity contribution in [2.45, 2.75) is 20.3 Å². The van der Waals surface area contributed by atoms with E-state index in [9.17, 15) is 0 Å². The largest absolute Gasteiger partial charge is 0.396 e. The Morgan fingerprint density at radius 3 is 2.77 bits per heavy atom. The normalized spacial score (nSPS) is 20.6. The van der Waals surface area contributed by atoms with Gasteiger partial charge in [0.25, 0.3) is 0 Å². The Kier molecular flexibility index (Phi) is 3.51. The fourth-order valence-electron chi connectivity index (χ4n) is 1.37. The summed E-state index contributed by atoms with van der Waals surface area (Å²) in [7, 11) is 0. The molecule has 0 saturated heterocycles. The van der Waals surface area contributed by atoms with Crippen LogP contribution >= 0.6 is 15.9 Å². The lowest BCUT2D eigenvalue weighted by Crippen LogP contribution is -2.03. The molecule has 0 aromatic rings. The van der Waals surface area contributed by atoms with Gasteiger partial charge in [-0.15, -0.1) is 0 Å². The van der Waals surface area contributed by atoms with Crippen LogP contribution in [0.1, 0.15) is 20.3 Å². The monoisotopic (exact) mass is 242 g/mol. The third-order valence-corrected chi connectivity index (χ3v) is 2.78. The van der Waals surface area contributed by atoms with Crippen molar-refractivity contribution in [1.29, 1.82) is 0 Å². The van der Waals surface area contributed by atoms with Crippen LogP contribution < -0.4 is 0 Å². The highest BCUT2D eigenvalue weighted by Crippen LogP contribution is 2.31. The molecule has 1 aliphatic rings. The molecule has 1 aliphatic carbocycles. The van der Waals surface area contributed by atoms with E-state index < -0.39 is 0 Å². The summed E-state index contributed by atoms with van der Waals surface area (Å²) in [5.74, 6) is 0. The highest BCUT2D eigenvalue weighted by molar-refractivity contribution is 9.12. The highest BCUT2D eigenvalue weighted by Gasteiger charge is 2.14. The average molecular weight is 243 g/mol. The van der Waals surface area contributed by atoms with Crippen molar-refractivity contribution >= 4 is 15.9 Å². The molecule has 0 atom stereocenters. The highest BCUT2D eigenvalue weighted by atomic mass is 79.9. The van der Waals surface area contributed by atoms with Gasteiger partial charge in [-0.3, -0.25) is 0 Å². The second kappa shape index (κ2) is 4.25. The van der Waals surface area contributed by atoms with Crippen LogP contribution in [0.2, 0.25) is 0 Å². The molecule has 0 heterocycles. The number of halogens is 1.